The number of oxazole rings is 1. The summed E-state index contributed by atoms with van der Waals surface area (Å²) < 4.78 is 34.3. The van der Waals surface area contributed by atoms with Crippen molar-refractivity contribution in [2.75, 3.05) is 39.3 Å². The van der Waals surface area contributed by atoms with Crippen LogP contribution >= 0.6 is 0 Å². The number of hydrogen-bond donors (Lipinski definition) is 1. The zero-order chi connectivity index (χ0) is 22.7. The van der Waals surface area contributed by atoms with E-state index in [1.165, 1.54) is 46.7 Å². The van der Waals surface area contributed by atoms with Crippen molar-refractivity contribution in [2.24, 2.45) is 13.0 Å². The fraction of sp³-hybridized carbons (Fsp3) is 0.636. The summed E-state index contributed by atoms with van der Waals surface area (Å²) in [5.74, 6) is -0.977. The monoisotopic (exact) mass is 464 g/mol. The molecule has 2 saturated heterocycles. The quantitative estimate of drug-likeness (QED) is 0.695. The first-order valence-electron chi connectivity index (χ1n) is 11.5. The summed E-state index contributed by atoms with van der Waals surface area (Å²) in [6.07, 6.45) is 6.28. The zero-order valence-electron chi connectivity index (χ0n) is 18.6. The summed E-state index contributed by atoms with van der Waals surface area (Å²) in [5.41, 5.74) is 0.771. The molecule has 176 valence electrons. The number of sulfonamides is 1. The molecule has 2 aliphatic rings. The number of benzene rings is 1. The Bertz CT molecular complexity index is 1120. The van der Waals surface area contributed by atoms with Crippen LogP contribution in [0.15, 0.2) is 32.3 Å². The van der Waals surface area contributed by atoms with Gasteiger partial charge in [-0.15, -0.1) is 0 Å². The molecule has 2 aliphatic heterocycles. The number of rotatable bonds is 6. The van der Waals surface area contributed by atoms with E-state index in [2.05, 4.69) is 10.2 Å². The topological polar surface area (TPSA) is 105 Å². The van der Waals surface area contributed by atoms with E-state index in [-0.39, 0.29) is 28.8 Å². The van der Waals surface area contributed by atoms with Gasteiger partial charge in [-0.25, -0.2) is 13.2 Å². The summed E-state index contributed by atoms with van der Waals surface area (Å²) in [4.78, 5) is 26.9. The number of carbonyl (C=O) groups is 1. The Morgan fingerprint density at radius 2 is 1.88 bits per heavy atom. The molecule has 1 amide bonds. The Kier molecular flexibility index (Phi) is 7.02. The van der Waals surface area contributed by atoms with E-state index in [0.717, 1.165) is 19.6 Å². The van der Waals surface area contributed by atoms with Gasteiger partial charge in [0, 0.05) is 39.3 Å². The molecule has 0 aliphatic carbocycles. The van der Waals surface area contributed by atoms with Gasteiger partial charge in [0.05, 0.1) is 16.3 Å². The van der Waals surface area contributed by atoms with E-state index in [4.69, 9.17) is 4.42 Å². The maximum absolute atomic E-state index is 13.2. The lowest BCUT2D eigenvalue weighted by Crippen LogP contribution is -2.46. The van der Waals surface area contributed by atoms with Gasteiger partial charge in [0.2, 0.25) is 15.9 Å². The van der Waals surface area contributed by atoms with Gasteiger partial charge >= 0.3 is 5.76 Å². The van der Waals surface area contributed by atoms with Crippen LogP contribution in [0.4, 0.5) is 0 Å². The molecule has 0 bridgehead atoms. The van der Waals surface area contributed by atoms with Crippen molar-refractivity contribution in [3.8, 4) is 0 Å². The lowest BCUT2D eigenvalue weighted by Gasteiger charge is -2.31. The average molecular weight is 465 g/mol. The van der Waals surface area contributed by atoms with Gasteiger partial charge in [-0.3, -0.25) is 9.36 Å². The molecule has 0 saturated carbocycles. The first kappa shape index (κ1) is 23.0. The summed E-state index contributed by atoms with van der Waals surface area (Å²) in [7, 11) is -2.22. The van der Waals surface area contributed by atoms with Crippen LogP contribution < -0.4 is 11.1 Å². The highest BCUT2D eigenvalue weighted by Gasteiger charge is 2.33. The summed E-state index contributed by atoms with van der Waals surface area (Å²) in [5, 5.41) is 3.01. The Hall–Kier alpha value is -2.17. The zero-order valence-corrected chi connectivity index (χ0v) is 19.4. The number of aryl methyl sites for hydroxylation is 1. The van der Waals surface area contributed by atoms with Gasteiger partial charge in [0.15, 0.2) is 5.58 Å². The minimum absolute atomic E-state index is 0.0709. The molecule has 1 aromatic heterocycles. The molecule has 10 heteroatoms. The predicted octanol–water partition coefficient (Wildman–Crippen LogP) is 1.52. The number of hydrogen-bond acceptors (Lipinski definition) is 6. The van der Waals surface area contributed by atoms with Gasteiger partial charge in [-0.1, -0.05) is 12.8 Å². The number of aromatic nitrogens is 1. The number of likely N-dealkylation sites (tertiary alicyclic amines) is 1. The molecule has 2 fully saturated rings. The van der Waals surface area contributed by atoms with E-state index < -0.39 is 15.8 Å². The van der Waals surface area contributed by atoms with Crippen LogP contribution in [0.2, 0.25) is 0 Å². The minimum atomic E-state index is -3.79. The highest BCUT2D eigenvalue weighted by Crippen LogP contribution is 2.26. The fourth-order valence-corrected chi connectivity index (χ4v) is 6.18. The Morgan fingerprint density at radius 1 is 1.12 bits per heavy atom. The molecule has 1 N–H and O–H groups in total. The van der Waals surface area contributed by atoms with Crippen molar-refractivity contribution in [1.82, 2.24) is 19.1 Å². The first-order chi connectivity index (χ1) is 15.4. The molecular weight excluding hydrogens is 432 g/mol. The first-order valence-corrected chi connectivity index (χ1v) is 12.9. The molecule has 0 radical (unpaired) electrons. The molecule has 32 heavy (non-hydrogen) atoms. The van der Waals surface area contributed by atoms with E-state index >= 15 is 0 Å². The average Bonchev–Trinajstić information content (AvgIpc) is 2.95. The van der Waals surface area contributed by atoms with Crippen LogP contribution in [0.25, 0.3) is 11.1 Å². The molecule has 2 aromatic rings. The third-order valence-corrected chi connectivity index (χ3v) is 8.44. The van der Waals surface area contributed by atoms with Gasteiger partial charge < -0.3 is 14.6 Å². The number of piperidine rings is 1. The van der Waals surface area contributed by atoms with E-state index in [1.807, 2.05) is 0 Å². The van der Waals surface area contributed by atoms with E-state index in [1.54, 1.807) is 13.1 Å². The third-order valence-electron chi connectivity index (χ3n) is 6.58. The largest absolute Gasteiger partial charge is 0.419 e. The molecule has 1 atom stereocenters. The summed E-state index contributed by atoms with van der Waals surface area (Å²) >= 11 is 0. The predicted molar refractivity (Wildman–Crippen MR) is 121 cm³/mol. The normalized spacial score (nSPS) is 21.5. The van der Waals surface area contributed by atoms with Crippen LogP contribution in [0, 0.1) is 5.92 Å². The number of amides is 1. The van der Waals surface area contributed by atoms with Crippen LogP contribution in [0.3, 0.4) is 0 Å². The number of nitrogens with zero attached hydrogens (tertiary/aromatic N) is 3. The van der Waals surface area contributed by atoms with Gasteiger partial charge in [-0.2, -0.15) is 4.31 Å². The van der Waals surface area contributed by atoms with Crippen molar-refractivity contribution >= 4 is 27.0 Å². The van der Waals surface area contributed by atoms with Crippen molar-refractivity contribution < 1.29 is 17.6 Å². The van der Waals surface area contributed by atoms with E-state index in [9.17, 15) is 18.0 Å². The van der Waals surface area contributed by atoms with Gasteiger partial charge in [0.25, 0.3) is 0 Å². The second-order valence-corrected chi connectivity index (χ2v) is 10.7. The van der Waals surface area contributed by atoms with Gasteiger partial charge in [0.1, 0.15) is 0 Å². The maximum Gasteiger partial charge on any atom is 0.419 e. The number of carbonyl (C=O) groups excluding carboxylic acids is 1. The van der Waals surface area contributed by atoms with Crippen molar-refractivity contribution in [3.05, 3.63) is 28.7 Å². The fourth-order valence-electron chi connectivity index (χ4n) is 4.64. The lowest BCUT2D eigenvalue weighted by molar-refractivity contribution is -0.126. The second-order valence-electron chi connectivity index (χ2n) is 8.81. The Balaban J connectivity index is 1.38. The standard InChI is InChI=1S/C22H32N4O5S/c1-24-19-9-8-18(15-20(19)31-22(24)28)32(29,30)26-13-6-7-17(16-26)21(27)23-10-14-25-11-4-2-3-5-12-25/h8-9,15,17H,2-7,10-14,16H2,1H3,(H,23,27)/t17-/m1/s1. The Morgan fingerprint density at radius 3 is 2.62 bits per heavy atom. The number of nitrogens with one attached hydrogen (secondary N) is 1. The third kappa shape index (κ3) is 4.92. The molecule has 4 rings (SSSR count). The highest BCUT2D eigenvalue weighted by atomic mass is 32.2. The highest BCUT2D eigenvalue weighted by molar-refractivity contribution is 7.89. The number of fused-ring (bicyclic) bond motifs is 1. The smallest absolute Gasteiger partial charge is 0.408 e. The van der Waals surface area contributed by atoms with E-state index in [0.29, 0.717) is 31.4 Å². The van der Waals surface area contributed by atoms with Gasteiger partial charge in [-0.05, 0) is 50.9 Å². The molecule has 3 heterocycles. The second kappa shape index (κ2) is 9.76. The molecular formula is C22H32N4O5S. The molecule has 1 aromatic carbocycles. The Labute approximate surface area is 188 Å². The maximum atomic E-state index is 13.2. The molecule has 0 unspecified atom stereocenters. The molecule has 0 spiro atoms. The SMILES string of the molecule is Cn1c(=O)oc2cc(S(=O)(=O)N3CCC[C@@H](C(=O)NCCN4CCCCCC4)C3)ccc21. The van der Waals surface area contributed by atoms with Crippen LogP contribution in [-0.4, -0.2) is 67.4 Å². The van der Waals surface area contributed by atoms with Crippen molar-refractivity contribution in [1.29, 1.82) is 0 Å². The van der Waals surface area contributed by atoms with Crippen LogP contribution in [-0.2, 0) is 21.9 Å². The minimum Gasteiger partial charge on any atom is -0.408 e. The van der Waals surface area contributed by atoms with Crippen molar-refractivity contribution in [2.45, 2.75) is 43.4 Å². The summed E-state index contributed by atoms with van der Waals surface area (Å²) in [6, 6.07) is 4.44. The molecule has 9 nitrogen and oxygen atoms in total. The van der Waals surface area contributed by atoms with Crippen LogP contribution in [0.5, 0.6) is 0 Å². The lowest BCUT2D eigenvalue weighted by atomic mass is 9.99. The van der Waals surface area contributed by atoms with Crippen LogP contribution in [0.1, 0.15) is 38.5 Å². The van der Waals surface area contributed by atoms with Crippen molar-refractivity contribution in [3.63, 3.8) is 0 Å². The summed E-state index contributed by atoms with van der Waals surface area (Å²) in [6.45, 7) is 4.12.